The van der Waals surface area contributed by atoms with Crippen LogP contribution in [0.2, 0.25) is 0 Å². The molecule has 238 valence electrons. The van der Waals surface area contributed by atoms with Gasteiger partial charge >= 0.3 is 0 Å². The van der Waals surface area contributed by atoms with Gasteiger partial charge in [-0.05, 0) is 125 Å². The molecular weight excluding hydrogens is 625 g/mol. The van der Waals surface area contributed by atoms with Crippen molar-refractivity contribution in [3.63, 3.8) is 0 Å². The molecule has 0 nitrogen and oxygen atoms in total. The molecule has 0 amide bonds. The lowest BCUT2D eigenvalue weighted by atomic mass is 9.81. The summed E-state index contributed by atoms with van der Waals surface area (Å²) in [5, 5.41) is 23.3. The third-order valence-electron chi connectivity index (χ3n) is 11.7. The predicted molar refractivity (Wildman–Crippen MR) is 226 cm³/mol. The Kier molecular flexibility index (Phi) is 5.59. The predicted octanol–water partition coefficient (Wildman–Crippen LogP) is 14.8. The lowest BCUT2D eigenvalue weighted by Gasteiger charge is -2.21. The van der Waals surface area contributed by atoms with Gasteiger partial charge in [0.25, 0.3) is 0 Å². The van der Waals surface area contributed by atoms with Gasteiger partial charge in [-0.25, -0.2) is 0 Å². The molecule has 0 saturated carbocycles. The highest BCUT2D eigenvalue weighted by Crippen LogP contribution is 2.50. The van der Waals surface area contributed by atoms with Crippen molar-refractivity contribution in [2.75, 3.05) is 0 Å². The fraction of sp³-hybridized carbons (Fsp3) is 0. The summed E-state index contributed by atoms with van der Waals surface area (Å²) in [5.41, 5.74) is 5.12. The van der Waals surface area contributed by atoms with Crippen molar-refractivity contribution in [1.82, 2.24) is 0 Å². The molecule has 52 heavy (non-hydrogen) atoms. The SMILES string of the molecule is c1ccc2c(c1)ccc1c(-c3ccc4c5ccccc5c5ccccc5c4c3)c3ccccc3c(-c3ccc4ccc5cccc6ccc3c4c56)c12. The third kappa shape index (κ3) is 3.71. The standard InChI is InChI=1S/C52H30/c1-2-13-36-31(10-1)22-29-46-49(35-25-26-41-39-16-4-3-14-37(39)38-15-5-6-17-40(38)47(41)30-35)42-18-7-8-19-43(42)52(51(36)46)45-28-24-34-21-20-32-11-9-12-33-23-27-44(45)50(34)48(32)33/h1-30H. The number of rotatable bonds is 2. The molecule has 0 aliphatic carbocycles. The molecule has 0 aliphatic heterocycles. The first-order chi connectivity index (χ1) is 25.8. The third-order valence-corrected chi connectivity index (χ3v) is 11.7. The van der Waals surface area contributed by atoms with E-state index in [1.165, 1.54) is 119 Å². The van der Waals surface area contributed by atoms with Crippen LogP contribution >= 0.6 is 0 Å². The molecule has 12 aromatic rings. The zero-order valence-electron chi connectivity index (χ0n) is 28.3. The van der Waals surface area contributed by atoms with Gasteiger partial charge in [-0.2, -0.15) is 0 Å². The Bertz CT molecular complexity index is 3410. The second-order valence-corrected chi connectivity index (χ2v) is 14.3. The molecule has 0 spiro atoms. The first-order valence-corrected chi connectivity index (χ1v) is 18.2. The van der Waals surface area contributed by atoms with Gasteiger partial charge in [0.15, 0.2) is 0 Å². The summed E-state index contributed by atoms with van der Waals surface area (Å²) in [5.74, 6) is 0. The molecule has 0 saturated heterocycles. The molecule has 12 rings (SSSR count). The van der Waals surface area contributed by atoms with E-state index in [4.69, 9.17) is 0 Å². The fourth-order valence-electron chi connectivity index (χ4n) is 9.56. The van der Waals surface area contributed by atoms with Crippen molar-refractivity contribution in [2.24, 2.45) is 0 Å². The highest BCUT2D eigenvalue weighted by molar-refractivity contribution is 6.33. The molecule has 0 radical (unpaired) electrons. The summed E-state index contributed by atoms with van der Waals surface area (Å²) in [6, 6.07) is 68.2. The summed E-state index contributed by atoms with van der Waals surface area (Å²) >= 11 is 0. The molecule has 0 unspecified atom stereocenters. The normalized spacial score (nSPS) is 12.2. The van der Waals surface area contributed by atoms with E-state index in [0.717, 1.165) is 0 Å². The Morgan fingerprint density at radius 2 is 0.673 bits per heavy atom. The Hall–Kier alpha value is -6.76. The van der Waals surface area contributed by atoms with Gasteiger partial charge in [-0.15, -0.1) is 0 Å². The van der Waals surface area contributed by atoms with Crippen LogP contribution in [-0.4, -0.2) is 0 Å². The highest BCUT2D eigenvalue weighted by Gasteiger charge is 2.22. The van der Waals surface area contributed by atoms with Crippen LogP contribution in [0.3, 0.4) is 0 Å². The quantitative estimate of drug-likeness (QED) is 0.129. The molecule has 0 aliphatic rings. The van der Waals surface area contributed by atoms with Gasteiger partial charge in [0.1, 0.15) is 0 Å². The van der Waals surface area contributed by atoms with E-state index in [1.807, 2.05) is 0 Å². The van der Waals surface area contributed by atoms with Crippen molar-refractivity contribution in [2.45, 2.75) is 0 Å². The average molecular weight is 655 g/mol. The van der Waals surface area contributed by atoms with Crippen molar-refractivity contribution in [3.8, 4) is 22.3 Å². The van der Waals surface area contributed by atoms with Crippen LogP contribution in [-0.2, 0) is 0 Å². The van der Waals surface area contributed by atoms with E-state index in [0.29, 0.717) is 0 Å². The minimum Gasteiger partial charge on any atom is -0.0616 e. The van der Waals surface area contributed by atoms with Crippen molar-refractivity contribution in [1.29, 1.82) is 0 Å². The van der Waals surface area contributed by atoms with Gasteiger partial charge < -0.3 is 0 Å². The van der Waals surface area contributed by atoms with Crippen LogP contribution in [0.25, 0.3) is 119 Å². The van der Waals surface area contributed by atoms with E-state index >= 15 is 0 Å². The number of hydrogen-bond acceptors (Lipinski definition) is 0. The summed E-state index contributed by atoms with van der Waals surface area (Å²) in [4.78, 5) is 0. The van der Waals surface area contributed by atoms with Gasteiger partial charge in [-0.1, -0.05) is 176 Å². The van der Waals surface area contributed by atoms with Gasteiger partial charge in [0.2, 0.25) is 0 Å². The van der Waals surface area contributed by atoms with E-state index in [9.17, 15) is 0 Å². The zero-order valence-corrected chi connectivity index (χ0v) is 28.3. The second-order valence-electron chi connectivity index (χ2n) is 14.3. The van der Waals surface area contributed by atoms with Gasteiger partial charge in [-0.3, -0.25) is 0 Å². The van der Waals surface area contributed by atoms with Gasteiger partial charge in [0, 0.05) is 0 Å². The Morgan fingerprint density at radius 1 is 0.212 bits per heavy atom. The average Bonchev–Trinajstić information content (AvgIpc) is 3.22. The molecule has 0 fully saturated rings. The largest absolute Gasteiger partial charge is 0.0616 e. The Morgan fingerprint density at radius 3 is 1.38 bits per heavy atom. The molecule has 0 bridgehead atoms. The topological polar surface area (TPSA) is 0 Å². The monoisotopic (exact) mass is 654 g/mol. The number of hydrogen-bond donors (Lipinski definition) is 0. The van der Waals surface area contributed by atoms with E-state index in [1.54, 1.807) is 0 Å². The lowest BCUT2D eigenvalue weighted by Crippen LogP contribution is -1.94. The van der Waals surface area contributed by atoms with E-state index < -0.39 is 0 Å². The molecular formula is C52H30. The number of fused-ring (bicyclic) bond motifs is 10. The molecule has 12 aromatic carbocycles. The molecule has 0 heterocycles. The van der Waals surface area contributed by atoms with E-state index in [2.05, 4.69) is 182 Å². The first kappa shape index (κ1) is 28.0. The molecule has 0 aromatic heterocycles. The van der Waals surface area contributed by atoms with Crippen LogP contribution in [0, 0.1) is 0 Å². The van der Waals surface area contributed by atoms with Crippen molar-refractivity contribution < 1.29 is 0 Å². The maximum atomic E-state index is 2.45. The van der Waals surface area contributed by atoms with Crippen LogP contribution in [0.15, 0.2) is 182 Å². The maximum Gasteiger partial charge on any atom is -0.00139 e. The summed E-state index contributed by atoms with van der Waals surface area (Å²) in [6.45, 7) is 0. The zero-order chi connectivity index (χ0) is 33.9. The highest BCUT2D eigenvalue weighted by atomic mass is 14.2. The van der Waals surface area contributed by atoms with Crippen LogP contribution in [0.5, 0.6) is 0 Å². The summed E-state index contributed by atoms with van der Waals surface area (Å²) in [6.07, 6.45) is 0. The Labute approximate surface area is 300 Å². The first-order valence-electron chi connectivity index (χ1n) is 18.2. The van der Waals surface area contributed by atoms with Crippen molar-refractivity contribution >= 4 is 97.0 Å². The number of benzene rings is 12. The lowest BCUT2D eigenvalue weighted by molar-refractivity contribution is 1.71. The smallest absolute Gasteiger partial charge is 0.00139 e. The molecule has 0 atom stereocenters. The molecule has 0 N–H and O–H groups in total. The minimum absolute atomic E-state index is 1.24. The Balaban J connectivity index is 1.26. The van der Waals surface area contributed by atoms with Gasteiger partial charge in [0.05, 0.1) is 0 Å². The summed E-state index contributed by atoms with van der Waals surface area (Å²) in [7, 11) is 0. The van der Waals surface area contributed by atoms with Crippen molar-refractivity contribution in [3.05, 3.63) is 182 Å². The second kappa shape index (κ2) is 10.4. The fourth-order valence-corrected chi connectivity index (χ4v) is 9.56. The molecule has 0 heteroatoms. The maximum absolute atomic E-state index is 2.45. The van der Waals surface area contributed by atoms with Crippen LogP contribution < -0.4 is 0 Å². The van der Waals surface area contributed by atoms with Crippen LogP contribution in [0.1, 0.15) is 0 Å². The van der Waals surface area contributed by atoms with E-state index in [-0.39, 0.29) is 0 Å². The minimum atomic E-state index is 1.24. The summed E-state index contributed by atoms with van der Waals surface area (Å²) < 4.78 is 0. The van der Waals surface area contributed by atoms with Crippen LogP contribution in [0.4, 0.5) is 0 Å².